The predicted molar refractivity (Wildman–Crippen MR) is 69.6 cm³/mol. The topological polar surface area (TPSA) is 59.6 Å². The molecular weight excluding hydrogens is 241 g/mol. The quantitative estimate of drug-likeness (QED) is 0.911. The lowest BCUT2D eigenvalue weighted by Gasteiger charge is -2.07. The van der Waals surface area contributed by atoms with Gasteiger partial charge in [-0.05, 0) is 42.5 Å². The summed E-state index contributed by atoms with van der Waals surface area (Å²) in [6.07, 6.45) is 0. The minimum absolute atomic E-state index is 0.285. The molecule has 0 radical (unpaired) electrons. The number of halogens is 1. The van der Waals surface area contributed by atoms with Crippen molar-refractivity contribution in [3.8, 4) is 12.1 Å². The van der Waals surface area contributed by atoms with Crippen molar-refractivity contribution in [2.45, 2.75) is 6.54 Å². The van der Waals surface area contributed by atoms with E-state index in [1.165, 1.54) is 18.2 Å². The van der Waals surface area contributed by atoms with E-state index in [1.54, 1.807) is 24.3 Å². The molecule has 2 aromatic carbocycles. The average Bonchev–Trinajstić information content (AvgIpc) is 2.47. The summed E-state index contributed by atoms with van der Waals surface area (Å²) in [6.45, 7) is 0.285. The Labute approximate surface area is 110 Å². The summed E-state index contributed by atoms with van der Waals surface area (Å²) in [5, 5.41) is 20.5. The van der Waals surface area contributed by atoms with Crippen molar-refractivity contribution in [2.75, 3.05) is 5.32 Å². The number of nitrogens with zero attached hydrogens (tertiary/aromatic N) is 2. The molecule has 0 heterocycles. The zero-order chi connectivity index (χ0) is 13.7. The summed E-state index contributed by atoms with van der Waals surface area (Å²) in [5.74, 6) is -0.347. The minimum Gasteiger partial charge on any atom is -0.381 e. The van der Waals surface area contributed by atoms with E-state index in [2.05, 4.69) is 5.32 Å². The first kappa shape index (κ1) is 12.6. The molecule has 0 saturated heterocycles. The fourth-order valence-corrected chi connectivity index (χ4v) is 1.64. The van der Waals surface area contributed by atoms with Crippen molar-refractivity contribution in [1.82, 2.24) is 0 Å². The second-order valence-corrected chi connectivity index (χ2v) is 3.96. The Balaban J connectivity index is 2.10. The number of hydrogen-bond acceptors (Lipinski definition) is 3. The van der Waals surface area contributed by atoms with Gasteiger partial charge in [-0.15, -0.1) is 0 Å². The van der Waals surface area contributed by atoms with Crippen LogP contribution in [0.5, 0.6) is 0 Å². The van der Waals surface area contributed by atoms with Gasteiger partial charge in [-0.3, -0.25) is 0 Å². The highest BCUT2D eigenvalue weighted by Crippen LogP contribution is 2.14. The Morgan fingerprint density at radius 1 is 0.947 bits per heavy atom. The third-order valence-corrected chi connectivity index (χ3v) is 2.67. The van der Waals surface area contributed by atoms with Crippen molar-refractivity contribution in [3.63, 3.8) is 0 Å². The fourth-order valence-electron chi connectivity index (χ4n) is 1.64. The first-order chi connectivity index (χ1) is 9.22. The molecule has 0 saturated carbocycles. The van der Waals surface area contributed by atoms with E-state index >= 15 is 0 Å². The van der Waals surface area contributed by atoms with E-state index in [4.69, 9.17) is 10.5 Å². The van der Waals surface area contributed by atoms with Crippen LogP contribution in [0.2, 0.25) is 0 Å². The van der Waals surface area contributed by atoms with Crippen LogP contribution in [-0.4, -0.2) is 0 Å². The summed E-state index contributed by atoms with van der Waals surface area (Å²) >= 11 is 0. The largest absolute Gasteiger partial charge is 0.381 e. The van der Waals surface area contributed by atoms with Crippen molar-refractivity contribution >= 4 is 5.69 Å². The van der Waals surface area contributed by atoms with Gasteiger partial charge in [0.1, 0.15) is 5.82 Å². The van der Waals surface area contributed by atoms with Gasteiger partial charge in [0, 0.05) is 17.8 Å². The Hall–Kier alpha value is -2.85. The predicted octanol–water partition coefficient (Wildman–Crippen LogP) is 3.18. The van der Waals surface area contributed by atoms with Gasteiger partial charge in [0.25, 0.3) is 0 Å². The average molecular weight is 251 g/mol. The van der Waals surface area contributed by atoms with E-state index < -0.39 is 0 Å². The lowest BCUT2D eigenvalue weighted by Crippen LogP contribution is -2.02. The molecule has 0 aliphatic heterocycles. The first-order valence-electron chi connectivity index (χ1n) is 5.65. The van der Waals surface area contributed by atoms with E-state index in [0.29, 0.717) is 16.7 Å². The molecule has 2 aromatic rings. The summed E-state index contributed by atoms with van der Waals surface area (Å²) in [5.41, 5.74) is 2.23. The maximum Gasteiger partial charge on any atom is 0.128 e. The second kappa shape index (κ2) is 5.66. The molecule has 0 aliphatic rings. The summed E-state index contributed by atoms with van der Waals surface area (Å²) < 4.78 is 13.5. The van der Waals surface area contributed by atoms with Crippen LogP contribution in [0.4, 0.5) is 10.1 Å². The number of rotatable bonds is 3. The van der Waals surface area contributed by atoms with Gasteiger partial charge in [0.15, 0.2) is 0 Å². The Morgan fingerprint density at radius 3 is 2.21 bits per heavy atom. The summed E-state index contributed by atoms with van der Waals surface area (Å²) in [6, 6.07) is 15.1. The maximum absolute atomic E-state index is 13.5. The van der Waals surface area contributed by atoms with Crippen LogP contribution in [0.15, 0.2) is 42.5 Å². The Morgan fingerprint density at radius 2 is 1.58 bits per heavy atom. The van der Waals surface area contributed by atoms with Crippen LogP contribution in [0.25, 0.3) is 0 Å². The van der Waals surface area contributed by atoms with E-state index in [1.807, 2.05) is 12.1 Å². The highest BCUT2D eigenvalue weighted by Gasteiger charge is 2.03. The number of benzene rings is 2. The van der Waals surface area contributed by atoms with Gasteiger partial charge >= 0.3 is 0 Å². The molecule has 0 aromatic heterocycles. The molecule has 19 heavy (non-hydrogen) atoms. The minimum atomic E-state index is -0.347. The molecule has 0 bridgehead atoms. The lowest BCUT2D eigenvalue weighted by molar-refractivity contribution is 0.612. The van der Waals surface area contributed by atoms with Gasteiger partial charge in [-0.1, -0.05) is 0 Å². The molecule has 92 valence electrons. The lowest BCUT2D eigenvalue weighted by atomic mass is 10.1. The smallest absolute Gasteiger partial charge is 0.128 e. The number of anilines is 1. The van der Waals surface area contributed by atoms with Gasteiger partial charge in [0.2, 0.25) is 0 Å². The molecule has 0 fully saturated rings. The van der Waals surface area contributed by atoms with Crippen LogP contribution >= 0.6 is 0 Å². The monoisotopic (exact) mass is 251 g/mol. The molecule has 0 amide bonds. The van der Waals surface area contributed by atoms with Crippen LogP contribution < -0.4 is 5.32 Å². The van der Waals surface area contributed by atoms with Gasteiger partial charge in [-0.2, -0.15) is 10.5 Å². The number of nitrogens with one attached hydrogen (secondary N) is 1. The van der Waals surface area contributed by atoms with Crippen molar-refractivity contribution in [1.29, 1.82) is 10.5 Å². The van der Waals surface area contributed by atoms with Gasteiger partial charge in [-0.25, -0.2) is 4.39 Å². The van der Waals surface area contributed by atoms with Gasteiger partial charge in [0.05, 0.1) is 23.3 Å². The molecule has 4 heteroatoms. The first-order valence-corrected chi connectivity index (χ1v) is 5.65. The summed E-state index contributed by atoms with van der Waals surface area (Å²) in [7, 11) is 0. The third kappa shape index (κ3) is 3.08. The van der Waals surface area contributed by atoms with E-state index in [9.17, 15) is 4.39 Å². The third-order valence-electron chi connectivity index (χ3n) is 2.67. The van der Waals surface area contributed by atoms with Crippen LogP contribution in [-0.2, 0) is 6.54 Å². The fraction of sp³-hybridized carbons (Fsp3) is 0.0667. The van der Waals surface area contributed by atoms with Gasteiger partial charge < -0.3 is 5.32 Å². The molecule has 0 aliphatic carbocycles. The highest BCUT2D eigenvalue weighted by atomic mass is 19.1. The van der Waals surface area contributed by atoms with E-state index in [-0.39, 0.29) is 12.4 Å². The zero-order valence-electron chi connectivity index (χ0n) is 10.0. The molecule has 0 atom stereocenters. The molecule has 2 rings (SSSR count). The summed E-state index contributed by atoms with van der Waals surface area (Å²) in [4.78, 5) is 0. The molecule has 0 spiro atoms. The number of nitriles is 2. The molecule has 0 unspecified atom stereocenters. The normalized spacial score (nSPS) is 9.42. The maximum atomic E-state index is 13.5. The Bertz CT molecular complexity index is 663. The zero-order valence-corrected chi connectivity index (χ0v) is 10.0. The van der Waals surface area contributed by atoms with Crippen molar-refractivity contribution in [2.24, 2.45) is 0 Å². The second-order valence-electron chi connectivity index (χ2n) is 3.96. The SMILES string of the molecule is N#Cc1ccc(NCc2cc(C#N)ccc2F)cc1. The standard InChI is InChI=1S/C15H10FN3/c16-15-6-3-12(9-18)7-13(15)10-19-14-4-1-11(8-17)2-5-14/h1-7,19H,10H2. The highest BCUT2D eigenvalue weighted by molar-refractivity contribution is 5.48. The van der Waals surface area contributed by atoms with Crippen LogP contribution in [0.1, 0.15) is 16.7 Å². The molecule has 3 nitrogen and oxygen atoms in total. The Kier molecular flexibility index (Phi) is 3.75. The van der Waals surface area contributed by atoms with Crippen molar-refractivity contribution in [3.05, 3.63) is 65.0 Å². The van der Waals surface area contributed by atoms with Crippen molar-refractivity contribution < 1.29 is 4.39 Å². The van der Waals surface area contributed by atoms with E-state index in [0.717, 1.165) is 5.69 Å². The number of hydrogen-bond donors (Lipinski definition) is 1. The molecule has 1 N–H and O–H groups in total. The van der Waals surface area contributed by atoms with Crippen LogP contribution in [0, 0.1) is 28.5 Å². The molecular formula is C15H10FN3. The van der Waals surface area contributed by atoms with Crippen LogP contribution in [0.3, 0.4) is 0 Å².